The quantitative estimate of drug-likeness (QED) is 0.194. The number of alkyl halides is 1. The highest BCUT2D eigenvalue weighted by Gasteiger charge is 2.22. The maximum atomic E-state index is 13.9. The van der Waals surface area contributed by atoms with Gasteiger partial charge in [-0.05, 0) is 42.3 Å². The second-order valence-corrected chi connectivity index (χ2v) is 12.2. The molecule has 2 atom stereocenters. The molecule has 1 aliphatic rings. The van der Waals surface area contributed by atoms with Crippen LogP contribution in [0.5, 0.6) is 11.6 Å². The summed E-state index contributed by atoms with van der Waals surface area (Å²) in [5.41, 5.74) is 3.24. The number of nitrogens with zero attached hydrogens (tertiary/aromatic N) is 3. The average molecular weight is 599 g/mol. The lowest BCUT2D eigenvalue weighted by Crippen LogP contribution is -2.44. The lowest BCUT2D eigenvalue weighted by molar-refractivity contribution is 0.254. The van der Waals surface area contributed by atoms with Gasteiger partial charge in [0.2, 0.25) is 21.9 Å². The molecule has 0 amide bonds. The first kappa shape index (κ1) is 28.5. The summed E-state index contributed by atoms with van der Waals surface area (Å²) < 4.78 is 49.2. The molecule has 0 saturated carbocycles. The van der Waals surface area contributed by atoms with E-state index in [1.807, 2.05) is 49.4 Å². The number of benzene rings is 3. The number of aryl methyl sites for hydroxylation is 1. The topological polar surface area (TPSA) is 118 Å². The number of pyridine rings is 1. The molecule has 11 heteroatoms. The molecule has 3 aromatic carbocycles. The van der Waals surface area contributed by atoms with E-state index in [0.29, 0.717) is 65.0 Å². The van der Waals surface area contributed by atoms with Gasteiger partial charge in [0.25, 0.3) is 0 Å². The van der Waals surface area contributed by atoms with Gasteiger partial charge in [-0.25, -0.2) is 27.8 Å². The number of piperidine rings is 1. The largest absolute Gasteiger partial charge is 0.437 e. The highest BCUT2D eigenvalue weighted by atomic mass is 32.2. The fourth-order valence-electron chi connectivity index (χ4n) is 5.19. The van der Waals surface area contributed by atoms with Crippen LogP contribution in [0.15, 0.2) is 91.3 Å². The van der Waals surface area contributed by atoms with E-state index >= 15 is 0 Å². The Morgan fingerprint density at radius 1 is 0.930 bits per heavy atom. The number of hydrogen-bond donors (Lipinski definition) is 3. The van der Waals surface area contributed by atoms with Crippen molar-refractivity contribution < 1.29 is 17.5 Å². The van der Waals surface area contributed by atoms with Crippen LogP contribution in [-0.2, 0) is 15.8 Å². The van der Waals surface area contributed by atoms with Crippen molar-refractivity contribution >= 4 is 32.4 Å². The third-order valence-electron chi connectivity index (χ3n) is 7.21. The van der Waals surface area contributed by atoms with Crippen LogP contribution in [0.3, 0.4) is 0 Å². The van der Waals surface area contributed by atoms with E-state index in [1.54, 1.807) is 48.8 Å². The van der Waals surface area contributed by atoms with Crippen molar-refractivity contribution in [3.63, 3.8) is 0 Å². The van der Waals surface area contributed by atoms with Gasteiger partial charge in [0, 0.05) is 48.7 Å². The number of anilines is 2. The van der Waals surface area contributed by atoms with E-state index in [4.69, 9.17) is 4.74 Å². The van der Waals surface area contributed by atoms with Gasteiger partial charge in [-0.1, -0.05) is 54.6 Å². The predicted molar refractivity (Wildman–Crippen MR) is 167 cm³/mol. The van der Waals surface area contributed by atoms with Crippen molar-refractivity contribution in [2.45, 2.75) is 31.3 Å². The van der Waals surface area contributed by atoms with Crippen LogP contribution in [-0.4, -0.2) is 48.7 Å². The van der Waals surface area contributed by atoms with E-state index in [1.165, 1.54) is 0 Å². The molecule has 0 radical (unpaired) electrons. The van der Waals surface area contributed by atoms with Crippen molar-refractivity contribution in [3.8, 4) is 22.9 Å². The first-order valence-electron chi connectivity index (χ1n) is 14.0. The monoisotopic (exact) mass is 598 g/mol. The molecule has 0 spiro atoms. The summed E-state index contributed by atoms with van der Waals surface area (Å²) in [5, 5.41) is 7.72. The minimum absolute atomic E-state index is 0.124. The maximum Gasteiger partial charge on any atom is 0.236 e. The molecule has 3 N–H and O–H groups in total. The van der Waals surface area contributed by atoms with Crippen molar-refractivity contribution in [2.24, 2.45) is 0 Å². The maximum absolute atomic E-state index is 13.9. The molecular weight excluding hydrogens is 567 g/mol. The molecule has 0 aliphatic carbocycles. The van der Waals surface area contributed by atoms with Gasteiger partial charge >= 0.3 is 0 Å². The molecule has 0 unspecified atom stereocenters. The Kier molecular flexibility index (Phi) is 8.17. The zero-order valence-electron chi connectivity index (χ0n) is 23.5. The number of rotatable bonds is 9. The molecular formula is C32H31FN6O3S. The molecule has 220 valence electrons. The molecule has 3 heterocycles. The van der Waals surface area contributed by atoms with E-state index in [-0.39, 0.29) is 11.8 Å². The van der Waals surface area contributed by atoms with Crippen LogP contribution >= 0.6 is 0 Å². The first-order valence-corrected chi connectivity index (χ1v) is 15.6. The van der Waals surface area contributed by atoms with E-state index < -0.39 is 16.2 Å². The van der Waals surface area contributed by atoms with Crippen LogP contribution in [0, 0.1) is 6.92 Å². The average Bonchev–Trinajstić information content (AvgIpc) is 2.99. The fourth-order valence-corrected chi connectivity index (χ4v) is 6.40. The van der Waals surface area contributed by atoms with Crippen molar-refractivity contribution in [1.29, 1.82) is 0 Å². The fraction of sp³-hybridized carbons (Fsp3) is 0.219. The van der Waals surface area contributed by atoms with E-state index in [9.17, 15) is 12.8 Å². The summed E-state index contributed by atoms with van der Waals surface area (Å²) in [6.07, 6.45) is 2.74. The zero-order valence-corrected chi connectivity index (χ0v) is 24.3. The third-order valence-corrected chi connectivity index (χ3v) is 8.45. The molecule has 9 nitrogen and oxygen atoms in total. The van der Waals surface area contributed by atoms with Crippen molar-refractivity contribution in [3.05, 3.63) is 102 Å². The van der Waals surface area contributed by atoms with Crippen LogP contribution in [0.4, 0.5) is 16.0 Å². The molecule has 6 rings (SSSR count). The molecule has 5 aromatic rings. The van der Waals surface area contributed by atoms with E-state index in [2.05, 4.69) is 30.3 Å². The van der Waals surface area contributed by atoms with Crippen LogP contribution in [0.25, 0.3) is 22.0 Å². The van der Waals surface area contributed by atoms with Crippen LogP contribution in [0.2, 0.25) is 0 Å². The highest BCUT2D eigenvalue weighted by molar-refractivity contribution is 7.91. The van der Waals surface area contributed by atoms with Crippen LogP contribution in [0.1, 0.15) is 17.5 Å². The lowest BCUT2D eigenvalue weighted by Gasteiger charge is -2.26. The van der Waals surface area contributed by atoms with Gasteiger partial charge in [-0.2, -0.15) is 0 Å². The Balaban J connectivity index is 1.30. The van der Waals surface area contributed by atoms with Crippen LogP contribution < -0.4 is 20.1 Å². The Morgan fingerprint density at radius 3 is 2.63 bits per heavy atom. The number of hydrogen-bond acceptors (Lipinski definition) is 8. The smallest absolute Gasteiger partial charge is 0.236 e. The standard InChI is InChI=1S/C32H31FN6O3S/c1-21-12-13-25-26(9-5-11-29(25)39-43(40,41)20-22-7-3-2-4-8-22)30(21)42-31-27(10-6-15-35-31)28-14-16-36-32(38-28)37-24-17-23(33)18-34-19-24/h2-16,23-24,34,39H,17-20H2,1H3,(H,36,37,38)/t23-,24+/m1/s1. The van der Waals surface area contributed by atoms with E-state index in [0.717, 1.165) is 10.9 Å². The molecule has 1 fully saturated rings. The number of ether oxygens (including phenoxy) is 1. The van der Waals surface area contributed by atoms with Crippen molar-refractivity contribution in [1.82, 2.24) is 20.3 Å². The first-order chi connectivity index (χ1) is 20.8. The van der Waals surface area contributed by atoms with Gasteiger partial charge in [0.05, 0.1) is 22.7 Å². The third kappa shape index (κ3) is 6.73. The second-order valence-electron chi connectivity index (χ2n) is 10.5. The Bertz CT molecular complexity index is 1860. The normalized spacial score (nSPS) is 17.0. The number of sulfonamides is 1. The number of halogens is 1. The lowest BCUT2D eigenvalue weighted by atomic mass is 10.0. The summed E-state index contributed by atoms with van der Waals surface area (Å²) in [7, 11) is -3.67. The molecule has 0 bridgehead atoms. The molecule has 43 heavy (non-hydrogen) atoms. The SMILES string of the molecule is Cc1ccc2c(NS(=O)(=O)Cc3ccccc3)cccc2c1Oc1ncccc1-c1ccnc(N[C@@H]2CNC[C@H](F)C2)n1. The summed E-state index contributed by atoms with van der Waals surface area (Å²) in [4.78, 5) is 13.5. The number of nitrogens with one attached hydrogen (secondary N) is 3. The van der Waals surface area contributed by atoms with Gasteiger partial charge in [-0.15, -0.1) is 0 Å². The molecule has 1 saturated heterocycles. The predicted octanol–water partition coefficient (Wildman–Crippen LogP) is 5.85. The highest BCUT2D eigenvalue weighted by Crippen LogP contribution is 2.39. The van der Waals surface area contributed by atoms with Crippen molar-refractivity contribution in [2.75, 3.05) is 23.1 Å². The van der Waals surface area contributed by atoms with Gasteiger partial charge in [-0.3, -0.25) is 4.72 Å². The Hall–Kier alpha value is -4.61. The van der Waals surface area contributed by atoms with Gasteiger partial charge in [0.15, 0.2) is 0 Å². The second kappa shape index (κ2) is 12.3. The summed E-state index contributed by atoms with van der Waals surface area (Å²) in [5.74, 6) is 1.14. The summed E-state index contributed by atoms with van der Waals surface area (Å²) in [6, 6.07) is 23.5. The minimum atomic E-state index is -3.67. The number of aromatic nitrogens is 3. The Morgan fingerprint density at radius 2 is 1.79 bits per heavy atom. The Labute approximate surface area is 249 Å². The van der Waals surface area contributed by atoms with Gasteiger partial charge < -0.3 is 15.4 Å². The summed E-state index contributed by atoms with van der Waals surface area (Å²) >= 11 is 0. The van der Waals surface area contributed by atoms with Gasteiger partial charge in [0.1, 0.15) is 11.9 Å². The number of fused-ring (bicyclic) bond motifs is 1. The zero-order chi connectivity index (χ0) is 29.8. The molecule has 1 aliphatic heterocycles. The summed E-state index contributed by atoms with van der Waals surface area (Å²) in [6.45, 7) is 2.90. The minimum Gasteiger partial charge on any atom is -0.437 e. The molecule has 2 aromatic heterocycles.